The molecule has 0 saturated heterocycles. The van der Waals surface area contributed by atoms with Gasteiger partial charge in [-0.1, -0.05) is 41.0 Å². The summed E-state index contributed by atoms with van der Waals surface area (Å²) in [7, 11) is 2.99. The maximum Gasteiger partial charge on any atom is 0.262 e. The molecule has 0 fully saturated rings. The third-order valence-corrected chi connectivity index (χ3v) is 4.52. The molecule has 1 amide bonds. The highest BCUT2D eigenvalue weighted by Gasteiger charge is 2.25. The molecule has 1 heterocycles. The molecule has 0 radical (unpaired) electrons. The quantitative estimate of drug-likeness (QED) is 0.514. The van der Waals surface area contributed by atoms with Crippen molar-refractivity contribution in [1.82, 2.24) is 15.0 Å². The monoisotopic (exact) mass is 413 g/mol. The number of carbonyl (C=O) groups is 1. The van der Waals surface area contributed by atoms with Gasteiger partial charge in [-0.3, -0.25) is 4.79 Å². The van der Waals surface area contributed by atoms with Crippen molar-refractivity contribution < 1.29 is 18.8 Å². The first-order chi connectivity index (χ1) is 14.1. The van der Waals surface area contributed by atoms with Crippen LogP contribution < -0.4 is 9.47 Å². The number of hydrogen-bond donors (Lipinski definition) is 0. The van der Waals surface area contributed by atoms with E-state index in [-0.39, 0.29) is 24.9 Å². The van der Waals surface area contributed by atoms with Gasteiger partial charge in [0.25, 0.3) is 5.91 Å². The number of methoxy groups -OCH3 is 2. The summed E-state index contributed by atoms with van der Waals surface area (Å²) in [6, 6.07) is 12.3. The topological polar surface area (TPSA) is 77.7 Å². The van der Waals surface area contributed by atoms with Crippen LogP contribution in [0.3, 0.4) is 0 Å². The van der Waals surface area contributed by atoms with Crippen LogP contribution in [0.15, 0.2) is 59.6 Å². The van der Waals surface area contributed by atoms with E-state index in [0.29, 0.717) is 33.5 Å². The molecule has 150 valence electrons. The molecule has 3 rings (SSSR count). The second kappa shape index (κ2) is 9.25. The Bertz CT molecular complexity index is 996. The zero-order valence-corrected chi connectivity index (χ0v) is 16.8. The van der Waals surface area contributed by atoms with Gasteiger partial charge in [0.1, 0.15) is 23.6 Å². The van der Waals surface area contributed by atoms with Gasteiger partial charge < -0.3 is 18.9 Å². The van der Waals surface area contributed by atoms with Crippen molar-refractivity contribution in [3.05, 3.63) is 71.6 Å². The zero-order valence-electron chi connectivity index (χ0n) is 16.1. The lowest BCUT2D eigenvalue weighted by Crippen LogP contribution is -2.31. The van der Waals surface area contributed by atoms with Crippen LogP contribution in [0.5, 0.6) is 11.5 Å². The average molecular weight is 414 g/mol. The molecular formula is C21H20ClN3O4. The molecule has 0 spiro atoms. The third kappa shape index (κ3) is 4.41. The molecule has 0 aliphatic heterocycles. The summed E-state index contributed by atoms with van der Waals surface area (Å²) < 4.78 is 16.0. The zero-order chi connectivity index (χ0) is 20.8. The first-order valence-corrected chi connectivity index (χ1v) is 9.15. The van der Waals surface area contributed by atoms with Crippen molar-refractivity contribution in [3.63, 3.8) is 0 Å². The number of halogens is 1. The fourth-order valence-corrected chi connectivity index (χ4v) is 3.05. The fourth-order valence-electron chi connectivity index (χ4n) is 2.83. The summed E-state index contributed by atoms with van der Waals surface area (Å²) in [5.74, 6) is 1.13. The second-order valence-corrected chi connectivity index (χ2v) is 6.41. The molecule has 0 aliphatic carbocycles. The van der Waals surface area contributed by atoms with Crippen LogP contribution in [0.2, 0.25) is 5.02 Å². The minimum atomic E-state index is -0.309. The summed E-state index contributed by atoms with van der Waals surface area (Å²) in [6.45, 7) is 4.08. The van der Waals surface area contributed by atoms with E-state index >= 15 is 0 Å². The van der Waals surface area contributed by atoms with E-state index < -0.39 is 0 Å². The number of hydrogen-bond acceptors (Lipinski definition) is 6. The van der Waals surface area contributed by atoms with Gasteiger partial charge >= 0.3 is 0 Å². The van der Waals surface area contributed by atoms with Crippen molar-refractivity contribution in [3.8, 4) is 22.9 Å². The van der Waals surface area contributed by atoms with Crippen LogP contribution >= 0.6 is 11.6 Å². The molecule has 0 aliphatic rings. The highest BCUT2D eigenvalue weighted by Crippen LogP contribution is 2.30. The lowest BCUT2D eigenvalue weighted by atomic mass is 10.1. The highest BCUT2D eigenvalue weighted by molar-refractivity contribution is 6.33. The second-order valence-electron chi connectivity index (χ2n) is 6.00. The molecule has 0 bridgehead atoms. The number of nitrogens with zero attached hydrogens (tertiary/aromatic N) is 3. The van der Waals surface area contributed by atoms with Gasteiger partial charge in [0.05, 0.1) is 19.2 Å². The third-order valence-electron chi connectivity index (χ3n) is 4.19. The Morgan fingerprint density at radius 3 is 2.48 bits per heavy atom. The summed E-state index contributed by atoms with van der Waals surface area (Å²) >= 11 is 6.19. The average Bonchev–Trinajstić information content (AvgIpc) is 3.20. The minimum absolute atomic E-state index is 0.0868. The highest BCUT2D eigenvalue weighted by atomic mass is 35.5. The maximum absolute atomic E-state index is 13.2. The first-order valence-electron chi connectivity index (χ1n) is 8.77. The molecule has 3 aromatic rings. The van der Waals surface area contributed by atoms with Gasteiger partial charge in [-0.25, -0.2) is 0 Å². The van der Waals surface area contributed by atoms with Gasteiger partial charge in [-0.05, 0) is 24.3 Å². The summed E-state index contributed by atoms with van der Waals surface area (Å²) in [5, 5.41) is 4.49. The number of amides is 1. The Labute approximate surface area is 173 Å². The van der Waals surface area contributed by atoms with Crippen molar-refractivity contribution in [2.45, 2.75) is 6.54 Å². The predicted octanol–water partition coefficient (Wildman–Crippen LogP) is 4.24. The van der Waals surface area contributed by atoms with Crippen LogP contribution in [0, 0.1) is 0 Å². The smallest absolute Gasteiger partial charge is 0.262 e. The molecule has 7 nitrogen and oxygen atoms in total. The van der Waals surface area contributed by atoms with Gasteiger partial charge in [0, 0.05) is 12.1 Å². The van der Waals surface area contributed by atoms with Crippen molar-refractivity contribution in [2.75, 3.05) is 20.8 Å². The van der Waals surface area contributed by atoms with Crippen molar-refractivity contribution >= 4 is 17.5 Å². The van der Waals surface area contributed by atoms with Gasteiger partial charge in [0.15, 0.2) is 0 Å². The maximum atomic E-state index is 13.2. The molecule has 29 heavy (non-hydrogen) atoms. The largest absolute Gasteiger partial charge is 0.496 e. The number of benzene rings is 2. The van der Waals surface area contributed by atoms with E-state index in [2.05, 4.69) is 16.7 Å². The van der Waals surface area contributed by atoms with Gasteiger partial charge in [-0.2, -0.15) is 4.98 Å². The van der Waals surface area contributed by atoms with Crippen LogP contribution in [0.1, 0.15) is 16.2 Å². The molecule has 8 heteroatoms. The van der Waals surface area contributed by atoms with Crippen LogP contribution in [-0.4, -0.2) is 41.7 Å². The van der Waals surface area contributed by atoms with Crippen LogP contribution in [0.25, 0.3) is 11.4 Å². The number of rotatable bonds is 8. The van der Waals surface area contributed by atoms with Gasteiger partial charge in [0.2, 0.25) is 11.7 Å². The van der Waals surface area contributed by atoms with E-state index in [1.807, 2.05) is 12.1 Å². The lowest BCUT2D eigenvalue weighted by molar-refractivity contribution is 0.0738. The minimum Gasteiger partial charge on any atom is -0.496 e. The molecule has 0 N–H and O–H groups in total. The molecule has 0 saturated carbocycles. The van der Waals surface area contributed by atoms with E-state index in [9.17, 15) is 4.79 Å². The molecule has 1 aromatic heterocycles. The summed E-state index contributed by atoms with van der Waals surface area (Å²) in [6.07, 6.45) is 1.62. The summed E-state index contributed by atoms with van der Waals surface area (Å²) in [5.41, 5.74) is 0.961. The molecular weight excluding hydrogens is 394 g/mol. The number of ether oxygens (including phenoxy) is 2. The standard InChI is InChI=1S/C21H20ClN3O4/c1-4-12-25(21(26)19-16(27-2)10-7-11-17(19)28-3)13-18-23-20(24-29-18)14-8-5-6-9-15(14)22/h4-11H,1,12-13H2,2-3H3. The lowest BCUT2D eigenvalue weighted by Gasteiger charge is -2.21. The van der Waals surface area contributed by atoms with Gasteiger partial charge in [-0.15, -0.1) is 6.58 Å². The molecule has 2 aromatic carbocycles. The fraction of sp³-hybridized carbons (Fsp3) is 0.190. The Hall–Kier alpha value is -3.32. The number of carbonyl (C=O) groups excluding carboxylic acids is 1. The van der Waals surface area contributed by atoms with Crippen molar-refractivity contribution in [2.24, 2.45) is 0 Å². The summed E-state index contributed by atoms with van der Waals surface area (Å²) in [4.78, 5) is 19.1. The van der Waals surface area contributed by atoms with Crippen molar-refractivity contribution in [1.29, 1.82) is 0 Å². The Kier molecular flexibility index (Phi) is 6.51. The predicted molar refractivity (Wildman–Crippen MR) is 109 cm³/mol. The first kappa shape index (κ1) is 20.4. The Morgan fingerprint density at radius 2 is 1.86 bits per heavy atom. The normalized spacial score (nSPS) is 10.4. The Balaban J connectivity index is 1.90. The SMILES string of the molecule is C=CCN(Cc1nc(-c2ccccc2Cl)no1)C(=O)c1c(OC)cccc1OC. The Morgan fingerprint density at radius 1 is 1.17 bits per heavy atom. The molecule has 0 unspecified atom stereocenters. The van der Waals surface area contributed by atoms with E-state index in [0.717, 1.165) is 0 Å². The van der Waals surface area contributed by atoms with E-state index in [4.69, 9.17) is 25.6 Å². The van der Waals surface area contributed by atoms with E-state index in [1.54, 1.807) is 36.4 Å². The van der Waals surface area contributed by atoms with E-state index in [1.165, 1.54) is 19.1 Å². The van der Waals surface area contributed by atoms with Crippen LogP contribution in [0.4, 0.5) is 0 Å². The van der Waals surface area contributed by atoms with Crippen LogP contribution in [-0.2, 0) is 6.54 Å². The number of aromatic nitrogens is 2. The molecule has 0 atom stereocenters.